The lowest BCUT2D eigenvalue weighted by Gasteiger charge is -2.32. The number of carbonyl (C=O) groups excluding carboxylic acids is 1. The van der Waals surface area contributed by atoms with E-state index in [1.165, 1.54) is 6.07 Å². The third-order valence-corrected chi connectivity index (χ3v) is 4.76. The molecule has 0 aliphatic carbocycles. The summed E-state index contributed by atoms with van der Waals surface area (Å²) in [6.07, 6.45) is 3.94. The Kier molecular flexibility index (Phi) is 7.17. The van der Waals surface area contributed by atoms with Gasteiger partial charge in [-0.05, 0) is 49.3 Å². The van der Waals surface area contributed by atoms with Crippen molar-refractivity contribution in [2.24, 2.45) is 0 Å². The number of nitrogens with zero attached hydrogens (tertiary/aromatic N) is 1. The summed E-state index contributed by atoms with van der Waals surface area (Å²) in [7, 11) is 0. The zero-order valence-electron chi connectivity index (χ0n) is 13.9. The quantitative estimate of drug-likeness (QED) is 0.837. The summed E-state index contributed by atoms with van der Waals surface area (Å²) in [5.74, 6) is 0.651. The lowest BCUT2D eigenvalue weighted by Crippen LogP contribution is -2.48. The first-order valence-corrected chi connectivity index (χ1v) is 9.55. The number of hydrogen-bond donors (Lipinski definition) is 2. The Bertz CT molecular complexity index is 519. The summed E-state index contributed by atoms with van der Waals surface area (Å²) in [6.45, 7) is 4.91. The number of piperidine rings is 1. The lowest BCUT2D eigenvalue weighted by molar-refractivity contribution is 0.177. The predicted molar refractivity (Wildman–Crippen MR) is 94.1 cm³/mol. The van der Waals surface area contributed by atoms with Gasteiger partial charge in [0.25, 0.3) is 0 Å². The van der Waals surface area contributed by atoms with Gasteiger partial charge in [0.1, 0.15) is 5.82 Å². The number of thioether (sulfide) groups is 1. The molecule has 4 nitrogen and oxygen atoms in total. The second-order valence-corrected chi connectivity index (χ2v) is 6.69. The maximum Gasteiger partial charge on any atom is 0.317 e. The van der Waals surface area contributed by atoms with E-state index in [2.05, 4.69) is 10.6 Å². The van der Waals surface area contributed by atoms with Gasteiger partial charge in [0, 0.05) is 38.0 Å². The Morgan fingerprint density at radius 1 is 1.35 bits per heavy atom. The van der Waals surface area contributed by atoms with Crippen LogP contribution >= 0.6 is 11.8 Å². The van der Waals surface area contributed by atoms with Gasteiger partial charge >= 0.3 is 6.03 Å². The fraction of sp³-hybridized carbons (Fsp3) is 0.588. The van der Waals surface area contributed by atoms with Crippen molar-refractivity contribution in [3.05, 3.63) is 35.1 Å². The van der Waals surface area contributed by atoms with E-state index in [4.69, 9.17) is 0 Å². The van der Waals surface area contributed by atoms with Gasteiger partial charge in [-0.15, -0.1) is 0 Å². The fourth-order valence-corrected chi connectivity index (χ4v) is 3.44. The fourth-order valence-electron chi connectivity index (χ4n) is 2.86. The Labute approximate surface area is 142 Å². The van der Waals surface area contributed by atoms with Crippen LogP contribution in [0.2, 0.25) is 0 Å². The number of halogens is 1. The maximum absolute atomic E-state index is 13.4. The topological polar surface area (TPSA) is 44.4 Å². The molecule has 0 spiro atoms. The predicted octanol–water partition coefficient (Wildman–Crippen LogP) is 2.97. The van der Waals surface area contributed by atoms with Crippen molar-refractivity contribution in [3.8, 4) is 0 Å². The number of rotatable bonds is 6. The molecule has 0 bridgehead atoms. The monoisotopic (exact) mass is 339 g/mol. The number of urea groups is 1. The summed E-state index contributed by atoms with van der Waals surface area (Å²) in [5.41, 5.74) is 2.22. The van der Waals surface area contributed by atoms with Crippen molar-refractivity contribution in [1.29, 1.82) is 0 Å². The van der Waals surface area contributed by atoms with Crippen molar-refractivity contribution in [2.75, 3.05) is 25.9 Å². The third-order valence-electron chi connectivity index (χ3n) is 4.16. The van der Waals surface area contributed by atoms with Crippen molar-refractivity contribution in [1.82, 2.24) is 15.5 Å². The van der Waals surface area contributed by atoms with E-state index in [-0.39, 0.29) is 11.8 Å². The van der Waals surface area contributed by atoms with Crippen LogP contribution in [-0.4, -0.2) is 42.9 Å². The second kappa shape index (κ2) is 9.13. The molecular formula is C17H26FN3OS. The van der Waals surface area contributed by atoms with Crippen molar-refractivity contribution in [3.63, 3.8) is 0 Å². The Morgan fingerprint density at radius 2 is 2.09 bits per heavy atom. The van der Waals surface area contributed by atoms with Gasteiger partial charge in [-0.2, -0.15) is 11.8 Å². The number of likely N-dealkylation sites (tertiary alicyclic amines) is 1. The van der Waals surface area contributed by atoms with Crippen molar-refractivity contribution < 1.29 is 9.18 Å². The van der Waals surface area contributed by atoms with Crippen molar-refractivity contribution >= 4 is 17.8 Å². The van der Waals surface area contributed by atoms with Crippen LogP contribution in [0.1, 0.15) is 30.9 Å². The standard InChI is InChI=1S/C17H26FN3OS/c1-3-19-17(22)21-8-6-16(7-9-21)20-11-13-4-5-15(18)10-14(13)12-23-2/h4-5,10,16,20H,3,6-9,11-12H2,1-2H3,(H,19,22). The first kappa shape index (κ1) is 18.1. The SMILES string of the molecule is CCNC(=O)N1CCC(NCc2ccc(F)cc2CSC)CC1. The van der Waals surface area contributed by atoms with Crippen LogP contribution in [0.3, 0.4) is 0 Å². The molecule has 1 aliphatic heterocycles. The molecular weight excluding hydrogens is 313 g/mol. The average Bonchev–Trinajstić information content (AvgIpc) is 2.55. The molecule has 0 atom stereocenters. The Hall–Kier alpha value is -1.27. The first-order chi connectivity index (χ1) is 11.1. The first-order valence-electron chi connectivity index (χ1n) is 8.16. The summed E-state index contributed by atoms with van der Waals surface area (Å²) < 4.78 is 13.4. The molecule has 2 N–H and O–H groups in total. The van der Waals surface area contributed by atoms with E-state index in [0.717, 1.165) is 49.4 Å². The van der Waals surface area contributed by atoms with Crippen LogP contribution in [0.4, 0.5) is 9.18 Å². The molecule has 128 valence electrons. The highest BCUT2D eigenvalue weighted by Gasteiger charge is 2.22. The van der Waals surface area contributed by atoms with E-state index >= 15 is 0 Å². The molecule has 2 rings (SSSR count). The van der Waals surface area contributed by atoms with Gasteiger partial charge in [-0.3, -0.25) is 0 Å². The molecule has 0 radical (unpaired) electrons. The molecule has 0 aromatic heterocycles. The Balaban J connectivity index is 1.82. The zero-order chi connectivity index (χ0) is 16.7. The molecule has 6 heteroatoms. The Morgan fingerprint density at radius 3 is 2.74 bits per heavy atom. The highest BCUT2D eigenvalue weighted by atomic mass is 32.2. The number of carbonyl (C=O) groups is 1. The number of hydrogen-bond acceptors (Lipinski definition) is 3. The summed E-state index contributed by atoms with van der Waals surface area (Å²) >= 11 is 1.70. The van der Waals surface area contributed by atoms with Gasteiger partial charge in [-0.25, -0.2) is 9.18 Å². The van der Waals surface area contributed by atoms with Gasteiger partial charge < -0.3 is 15.5 Å². The van der Waals surface area contributed by atoms with E-state index in [9.17, 15) is 9.18 Å². The lowest BCUT2D eigenvalue weighted by atomic mass is 10.0. The number of amides is 2. The molecule has 0 saturated carbocycles. The molecule has 1 fully saturated rings. The normalized spacial score (nSPS) is 15.7. The molecule has 1 aliphatic rings. The van der Waals surface area contributed by atoms with E-state index in [1.54, 1.807) is 17.8 Å². The molecule has 23 heavy (non-hydrogen) atoms. The number of nitrogens with one attached hydrogen (secondary N) is 2. The highest BCUT2D eigenvalue weighted by molar-refractivity contribution is 7.97. The molecule has 0 unspecified atom stereocenters. The average molecular weight is 339 g/mol. The van der Waals surface area contributed by atoms with Crippen LogP contribution in [0.5, 0.6) is 0 Å². The third kappa shape index (κ3) is 5.39. The van der Waals surface area contributed by atoms with Gasteiger partial charge in [-0.1, -0.05) is 6.07 Å². The highest BCUT2D eigenvalue weighted by Crippen LogP contribution is 2.18. The molecule has 1 aromatic rings. The second-order valence-electron chi connectivity index (χ2n) is 5.82. The minimum atomic E-state index is -0.173. The minimum absolute atomic E-state index is 0.0340. The van der Waals surface area contributed by atoms with Crippen LogP contribution < -0.4 is 10.6 Å². The minimum Gasteiger partial charge on any atom is -0.338 e. The zero-order valence-corrected chi connectivity index (χ0v) is 14.7. The van der Waals surface area contributed by atoms with Crippen molar-refractivity contribution in [2.45, 2.75) is 38.1 Å². The maximum atomic E-state index is 13.4. The van der Waals surface area contributed by atoms with E-state index in [1.807, 2.05) is 24.1 Å². The van der Waals surface area contributed by atoms with E-state index < -0.39 is 0 Å². The van der Waals surface area contributed by atoms with Gasteiger partial charge in [0.2, 0.25) is 0 Å². The molecule has 2 amide bonds. The number of benzene rings is 1. The van der Waals surface area contributed by atoms with E-state index in [0.29, 0.717) is 12.6 Å². The van der Waals surface area contributed by atoms with Gasteiger partial charge in [0.15, 0.2) is 0 Å². The summed E-state index contributed by atoms with van der Waals surface area (Å²) in [4.78, 5) is 13.7. The van der Waals surface area contributed by atoms with Crippen LogP contribution in [0, 0.1) is 5.82 Å². The van der Waals surface area contributed by atoms with Crippen LogP contribution in [0.25, 0.3) is 0 Å². The molecule has 1 heterocycles. The molecule has 1 saturated heterocycles. The largest absolute Gasteiger partial charge is 0.338 e. The van der Waals surface area contributed by atoms with Gasteiger partial charge in [0.05, 0.1) is 0 Å². The smallest absolute Gasteiger partial charge is 0.317 e. The molecule has 1 aromatic carbocycles. The van der Waals surface area contributed by atoms with Crippen LogP contribution in [-0.2, 0) is 12.3 Å². The van der Waals surface area contributed by atoms with Crippen LogP contribution in [0.15, 0.2) is 18.2 Å². The summed E-state index contributed by atoms with van der Waals surface area (Å²) in [5, 5.41) is 6.40. The summed E-state index contributed by atoms with van der Waals surface area (Å²) in [6, 6.07) is 5.47.